The second-order valence-electron chi connectivity index (χ2n) is 6.43. The molecule has 0 spiro atoms. The zero-order valence-electron chi connectivity index (χ0n) is 14.6. The Morgan fingerprint density at radius 1 is 1.11 bits per heavy atom. The molecule has 0 aliphatic rings. The number of hydrogen-bond donors (Lipinski definition) is 2. The van der Waals surface area contributed by atoms with Crippen molar-refractivity contribution in [2.45, 2.75) is 13.3 Å². The maximum Gasteiger partial charge on any atom is 0.269 e. The first-order chi connectivity index (χ1) is 13.0. The van der Waals surface area contributed by atoms with Gasteiger partial charge in [0, 0.05) is 32.9 Å². The standard InChI is InChI=1S/C21H17Cl2N3O/c1-12-20-16(15-4-2-3-5-18(15)26-20)11-19(25-12)21(27)24-9-8-13-6-7-14(22)10-17(13)23/h2-7,10-11,26H,8-9H2,1H3,(H,24,27). The molecular weight excluding hydrogens is 381 g/mol. The average Bonchev–Trinajstić information content (AvgIpc) is 3.03. The number of nitrogens with one attached hydrogen (secondary N) is 2. The molecule has 1 amide bonds. The summed E-state index contributed by atoms with van der Waals surface area (Å²) in [6.45, 7) is 2.37. The van der Waals surface area contributed by atoms with Gasteiger partial charge in [0.2, 0.25) is 0 Å². The molecule has 0 saturated carbocycles. The molecule has 0 fully saturated rings. The van der Waals surface area contributed by atoms with E-state index in [4.69, 9.17) is 23.2 Å². The zero-order valence-corrected chi connectivity index (χ0v) is 16.2. The normalized spacial score (nSPS) is 11.2. The van der Waals surface area contributed by atoms with E-state index in [2.05, 4.69) is 15.3 Å². The summed E-state index contributed by atoms with van der Waals surface area (Å²) >= 11 is 12.1. The molecule has 0 atom stereocenters. The van der Waals surface area contributed by atoms with Gasteiger partial charge in [-0.1, -0.05) is 47.5 Å². The van der Waals surface area contributed by atoms with Gasteiger partial charge >= 0.3 is 0 Å². The van der Waals surface area contributed by atoms with Crippen molar-refractivity contribution in [1.82, 2.24) is 15.3 Å². The van der Waals surface area contributed by atoms with Crippen LogP contribution in [0.1, 0.15) is 21.7 Å². The van der Waals surface area contributed by atoms with E-state index in [1.165, 1.54) is 0 Å². The quantitative estimate of drug-likeness (QED) is 0.490. The van der Waals surface area contributed by atoms with Crippen molar-refractivity contribution < 1.29 is 4.79 Å². The first kappa shape index (κ1) is 17.8. The Hall–Kier alpha value is -2.56. The van der Waals surface area contributed by atoms with Crippen LogP contribution >= 0.6 is 23.2 Å². The SMILES string of the molecule is Cc1nc(C(=O)NCCc2ccc(Cl)cc2Cl)cc2c1[nH]c1ccccc12. The van der Waals surface area contributed by atoms with E-state index in [1.54, 1.807) is 12.1 Å². The van der Waals surface area contributed by atoms with Gasteiger partial charge in [0.25, 0.3) is 5.91 Å². The minimum absolute atomic E-state index is 0.199. The molecule has 0 aliphatic carbocycles. The minimum atomic E-state index is -0.199. The van der Waals surface area contributed by atoms with Crippen LogP contribution in [0.25, 0.3) is 21.8 Å². The summed E-state index contributed by atoms with van der Waals surface area (Å²) in [6, 6.07) is 15.2. The predicted molar refractivity (Wildman–Crippen MR) is 111 cm³/mol. The highest BCUT2D eigenvalue weighted by Crippen LogP contribution is 2.27. The van der Waals surface area contributed by atoms with Crippen molar-refractivity contribution in [2.75, 3.05) is 6.54 Å². The molecule has 136 valence electrons. The number of benzene rings is 2. The number of hydrogen-bond acceptors (Lipinski definition) is 2. The highest BCUT2D eigenvalue weighted by molar-refractivity contribution is 6.35. The number of halogens is 2. The number of aryl methyl sites for hydroxylation is 1. The third-order valence-corrected chi connectivity index (χ3v) is 5.19. The Morgan fingerprint density at radius 2 is 1.93 bits per heavy atom. The highest BCUT2D eigenvalue weighted by atomic mass is 35.5. The van der Waals surface area contributed by atoms with Gasteiger partial charge in [0.15, 0.2) is 0 Å². The van der Waals surface area contributed by atoms with Crippen molar-refractivity contribution in [1.29, 1.82) is 0 Å². The van der Waals surface area contributed by atoms with E-state index in [0.29, 0.717) is 28.7 Å². The number of aromatic nitrogens is 2. The number of para-hydroxylation sites is 1. The van der Waals surface area contributed by atoms with Gasteiger partial charge in [-0.05, 0) is 43.2 Å². The van der Waals surface area contributed by atoms with Crippen molar-refractivity contribution in [3.8, 4) is 0 Å². The molecule has 2 N–H and O–H groups in total. The molecule has 2 aromatic carbocycles. The van der Waals surface area contributed by atoms with Gasteiger partial charge in [-0.15, -0.1) is 0 Å². The molecule has 2 heterocycles. The summed E-state index contributed by atoms with van der Waals surface area (Å²) in [5.74, 6) is -0.199. The van der Waals surface area contributed by atoms with Crippen LogP contribution in [0.5, 0.6) is 0 Å². The number of nitrogens with zero attached hydrogens (tertiary/aromatic N) is 1. The van der Waals surface area contributed by atoms with E-state index in [1.807, 2.05) is 43.3 Å². The summed E-state index contributed by atoms with van der Waals surface area (Å²) in [5.41, 5.74) is 4.15. The number of amides is 1. The highest BCUT2D eigenvalue weighted by Gasteiger charge is 2.13. The number of aromatic amines is 1. The third-order valence-electron chi connectivity index (χ3n) is 4.60. The summed E-state index contributed by atoms with van der Waals surface area (Å²) in [7, 11) is 0. The fraction of sp³-hybridized carbons (Fsp3) is 0.143. The van der Waals surface area contributed by atoms with Crippen LogP contribution in [0.4, 0.5) is 0 Å². The lowest BCUT2D eigenvalue weighted by molar-refractivity contribution is 0.0949. The number of carbonyl (C=O) groups excluding carboxylic acids is 1. The maximum absolute atomic E-state index is 12.6. The third kappa shape index (κ3) is 3.51. The molecule has 0 unspecified atom stereocenters. The molecule has 2 aromatic heterocycles. The van der Waals surface area contributed by atoms with Crippen molar-refractivity contribution in [2.24, 2.45) is 0 Å². The summed E-state index contributed by atoms with van der Waals surface area (Å²) in [4.78, 5) is 20.4. The fourth-order valence-corrected chi connectivity index (χ4v) is 3.75. The second-order valence-corrected chi connectivity index (χ2v) is 7.27. The molecule has 4 rings (SSSR count). The molecule has 0 bridgehead atoms. The van der Waals surface area contributed by atoms with Crippen LogP contribution in [0.2, 0.25) is 10.0 Å². The van der Waals surface area contributed by atoms with Crippen molar-refractivity contribution in [3.05, 3.63) is 75.5 Å². The largest absolute Gasteiger partial charge is 0.353 e. The molecule has 0 aliphatic heterocycles. The zero-order chi connectivity index (χ0) is 19.0. The monoisotopic (exact) mass is 397 g/mol. The average molecular weight is 398 g/mol. The number of pyridine rings is 1. The number of fused-ring (bicyclic) bond motifs is 3. The molecule has 4 aromatic rings. The lowest BCUT2D eigenvalue weighted by Gasteiger charge is -2.08. The van der Waals surface area contributed by atoms with Crippen LogP contribution in [0, 0.1) is 6.92 Å². The Morgan fingerprint density at radius 3 is 2.74 bits per heavy atom. The minimum Gasteiger partial charge on any atom is -0.353 e. The number of carbonyl (C=O) groups is 1. The lowest BCUT2D eigenvalue weighted by atomic mass is 10.1. The molecule has 0 saturated heterocycles. The van der Waals surface area contributed by atoms with Gasteiger partial charge in [-0.25, -0.2) is 4.98 Å². The van der Waals surface area contributed by atoms with Crippen LogP contribution in [0.3, 0.4) is 0 Å². The van der Waals surface area contributed by atoms with Gasteiger partial charge in [0.05, 0.1) is 11.2 Å². The van der Waals surface area contributed by atoms with E-state index in [9.17, 15) is 4.79 Å². The fourth-order valence-electron chi connectivity index (χ4n) is 3.25. The van der Waals surface area contributed by atoms with Gasteiger partial charge in [-0.3, -0.25) is 4.79 Å². The molecule has 0 radical (unpaired) electrons. The van der Waals surface area contributed by atoms with Crippen LogP contribution in [-0.2, 0) is 6.42 Å². The molecular formula is C21H17Cl2N3O. The lowest BCUT2D eigenvalue weighted by Crippen LogP contribution is -2.26. The smallest absolute Gasteiger partial charge is 0.269 e. The van der Waals surface area contributed by atoms with Crippen LogP contribution < -0.4 is 5.32 Å². The second kappa shape index (κ2) is 7.22. The van der Waals surface area contributed by atoms with E-state index in [-0.39, 0.29) is 5.91 Å². The van der Waals surface area contributed by atoms with Crippen LogP contribution in [0.15, 0.2) is 48.5 Å². The van der Waals surface area contributed by atoms with E-state index < -0.39 is 0 Å². The van der Waals surface area contributed by atoms with E-state index in [0.717, 1.165) is 33.1 Å². The van der Waals surface area contributed by atoms with E-state index >= 15 is 0 Å². The topological polar surface area (TPSA) is 57.8 Å². The molecule has 6 heteroatoms. The summed E-state index contributed by atoms with van der Waals surface area (Å²) in [5, 5.41) is 6.20. The Balaban J connectivity index is 1.54. The van der Waals surface area contributed by atoms with Crippen molar-refractivity contribution >= 4 is 50.9 Å². The Kier molecular flexibility index (Phi) is 4.77. The molecule has 27 heavy (non-hydrogen) atoms. The van der Waals surface area contributed by atoms with Crippen molar-refractivity contribution in [3.63, 3.8) is 0 Å². The summed E-state index contributed by atoms with van der Waals surface area (Å²) in [6.07, 6.45) is 0.621. The Labute approximate surface area is 166 Å². The maximum atomic E-state index is 12.6. The first-order valence-corrected chi connectivity index (χ1v) is 9.39. The number of H-pyrrole nitrogens is 1. The van der Waals surface area contributed by atoms with Gasteiger partial charge < -0.3 is 10.3 Å². The van der Waals surface area contributed by atoms with Gasteiger partial charge in [0.1, 0.15) is 5.69 Å². The van der Waals surface area contributed by atoms with Gasteiger partial charge in [-0.2, -0.15) is 0 Å². The Bertz CT molecular complexity index is 1170. The first-order valence-electron chi connectivity index (χ1n) is 8.63. The molecule has 4 nitrogen and oxygen atoms in total. The van der Waals surface area contributed by atoms with Crippen LogP contribution in [-0.4, -0.2) is 22.4 Å². The predicted octanol–water partition coefficient (Wildman–Crippen LogP) is 5.30. The summed E-state index contributed by atoms with van der Waals surface area (Å²) < 4.78 is 0. The number of rotatable bonds is 4.